The van der Waals surface area contributed by atoms with E-state index >= 15 is 0 Å². The first-order valence-electron chi connectivity index (χ1n) is 9.11. The number of amides is 2. The molecule has 26 heavy (non-hydrogen) atoms. The molecule has 0 radical (unpaired) electrons. The molecule has 140 valence electrons. The lowest BCUT2D eigenvalue weighted by atomic mass is 10.0. The maximum atomic E-state index is 12.4. The lowest BCUT2D eigenvalue weighted by Gasteiger charge is -2.23. The molecule has 1 aromatic carbocycles. The Kier molecular flexibility index (Phi) is 7.38. The van der Waals surface area contributed by atoms with Crippen LogP contribution >= 0.6 is 0 Å². The van der Waals surface area contributed by atoms with Crippen LogP contribution in [0.1, 0.15) is 39.2 Å². The Hall–Kier alpha value is -2.63. The molecule has 0 aliphatic heterocycles. The van der Waals surface area contributed by atoms with E-state index in [0.717, 1.165) is 17.7 Å². The molecule has 0 fully saturated rings. The van der Waals surface area contributed by atoms with Gasteiger partial charge in [-0.2, -0.15) is 0 Å². The SMILES string of the molecule is CCCC(=O)Nc1ccc(CC(=O)N[C@@H](Cn2ccnc2)C(C)C)cc1. The zero-order chi connectivity index (χ0) is 18.9. The highest BCUT2D eigenvalue weighted by Gasteiger charge is 2.17. The zero-order valence-electron chi connectivity index (χ0n) is 15.7. The molecule has 6 nitrogen and oxygen atoms in total. The monoisotopic (exact) mass is 356 g/mol. The molecule has 0 aliphatic carbocycles. The minimum atomic E-state index is -0.00779. The molecule has 2 rings (SSSR count). The van der Waals surface area contributed by atoms with E-state index in [1.54, 1.807) is 12.5 Å². The van der Waals surface area contributed by atoms with Crippen LogP contribution in [0.3, 0.4) is 0 Å². The van der Waals surface area contributed by atoms with Gasteiger partial charge in [0.05, 0.1) is 12.7 Å². The van der Waals surface area contributed by atoms with Crippen LogP contribution < -0.4 is 10.6 Å². The number of carbonyl (C=O) groups excluding carboxylic acids is 2. The van der Waals surface area contributed by atoms with Crippen molar-refractivity contribution in [3.05, 3.63) is 48.5 Å². The number of nitrogens with one attached hydrogen (secondary N) is 2. The molecule has 2 amide bonds. The van der Waals surface area contributed by atoms with E-state index in [2.05, 4.69) is 29.5 Å². The second-order valence-electron chi connectivity index (χ2n) is 6.85. The molecule has 2 N–H and O–H groups in total. The van der Waals surface area contributed by atoms with Gasteiger partial charge in [0.2, 0.25) is 11.8 Å². The Bertz CT molecular complexity index is 693. The molecule has 1 atom stereocenters. The second kappa shape index (κ2) is 9.75. The van der Waals surface area contributed by atoms with E-state index < -0.39 is 0 Å². The van der Waals surface area contributed by atoms with Crippen molar-refractivity contribution in [3.63, 3.8) is 0 Å². The molecule has 0 saturated carbocycles. The van der Waals surface area contributed by atoms with Crippen molar-refractivity contribution < 1.29 is 9.59 Å². The average Bonchev–Trinajstić information content (AvgIpc) is 3.09. The summed E-state index contributed by atoms with van der Waals surface area (Å²) in [5, 5.41) is 5.96. The maximum absolute atomic E-state index is 12.4. The molecular weight excluding hydrogens is 328 g/mol. The Balaban J connectivity index is 1.88. The Morgan fingerprint density at radius 2 is 1.88 bits per heavy atom. The smallest absolute Gasteiger partial charge is 0.224 e. The van der Waals surface area contributed by atoms with E-state index in [9.17, 15) is 9.59 Å². The van der Waals surface area contributed by atoms with Crippen molar-refractivity contribution in [2.24, 2.45) is 5.92 Å². The van der Waals surface area contributed by atoms with Crippen LogP contribution in [0.4, 0.5) is 5.69 Å². The lowest BCUT2D eigenvalue weighted by molar-refractivity contribution is -0.121. The van der Waals surface area contributed by atoms with Crippen LogP contribution in [0, 0.1) is 5.92 Å². The van der Waals surface area contributed by atoms with E-state index in [0.29, 0.717) is 25.3 Å². The van der Waals surface area contributed by atoms with Gasteiger partial charge in [-0.15, -0.1) is 0 Å². The van der Waals surface area contributed by atoms with Crippen LogP contribution in [-0.2, 0) is 22.6 Å². The minimum absolute atomic E-state index is 0.00779. The highest BCUT2D eigenvalue weighted by Crippen LogP contribution is 2.12. The maximum Gasteiger partial charge on any atom is 0.224 e. The number of hydrogen-bond donors (Lipinski definition) is 2. The van der Waals surface area contributed by atoms with Gasteiger partial charge in [-0.1, -0.05) is 32.9 Å². The van der Waals surface area contributed by atoms with Gasteiger partial charge in [-0.3, -0.25) is 9.59 Å². The third-order valence-corrected chi connectivity index (χ3v) is 4.20. The molecule has 0 bridgehead atoms. The van der Waals surface area contributed by atoms with E-state index in [-0.39, 0.29) is 17.9 Å². The molecule has 0 aliphatic rings. The highest BCUT2D eigenvalue weighted by atomic mass is 16.2. The zero-order valence-corrected chi connectivity index (χ0v) is 15.7. The summed E-state index contributed by atoms with van der Waals surface area (Å²) in [7, 11) is 0. The van der Waals surface area contributed by atoms with Crippen LogP contribution in [0.15, 0.2) is 43.0 Å². The summed E-state index contributed by atoms with van der Waals surface area (Å²) in [5.41, 5.74) is 1.67. The molecular formula is C20H28N4O2. The summed E-state index contributed by atoms with van der Waals surface area (Å²) < 4.78 is 1.97. The van der Waals surface area contributed by atoms with Gasteiger partial charge in [-0.25, -0.2) is 4.98 Å². The number of anilines is 1. The molecule has 6 heteroatoms. The third kappa shape index (κ3) is 6.35. The van der Waals surface area contributed by atoms with Crippen LogP contribution in [0.2, 0.25) is 0 Å². The van der Waals surface area contributed by atoms with Gasteiger partial charge in [0.1, 0.15) is 0 Å². The number of carbonyl (C=O) groups is 2. The average molecular weight is 356 g/mol. The fraction of sp³-hybridized carbons (Fsp3) is 0.450. The van der Waals surface area contributed by atoms with Gasteiger partial charge < -0.3 is 15.2 Å². The molecule has 0 unspecified atom stereocenters. The lowest BCUT2D eigenvalue weighted by Crippen LogP contribution is -2.42. The summed E-state index contributed by atoms with van der Waals surface area (Å²) in [6.45, 7) is 6.86. The number of hydrogen-bond acceptors (Lipinski definition) is 3. The number of aromatic nitrogens is 2. The number of imidazole rings is 1. The summed E-state index contributed by atoms with van der Waals surface area (Å²) in [5.74, 6) is 0.321. The van der Waals surface area contributed by atoms with Crippen molar-refractivity contribution in [1.82, 2.24) is 14.9 Å². The van der Waals surface area contributed by atoms with Crippen molar-refractivity contribution in [2.75, 3.05) is 5.32 Å². The topological polar surface area (TPSA) is 76.0 Å². The summed E-state index contributed by atoms with van der Waals surface area (Å²) >= 11 is 0. The predicted molar refractivity (Wildman–Crippen MR) is 103 cm³/mol. The van der Waals surface area contributed by atoms with Crippen LogP contribution in [-0.4, -0.2) is 27.4 Å². The fourth-order valence-electron chi connectivity index (χ4n) is 2.64. The van der Waals surface area contributed by atoms with Gasteiger partial charge in [0.15, 0.2) is 0 Å². The number of nitrogens with zero attached hydrogens (tertiary/aromatic N) is 2. The molecule has 1 aromatic heterocycles. The van der Waals surface area contributed by atoms with E-state index in [4.69, 9.17) is 0 Å². The Morgan fingerprint density at radius 3 is 2.46 bits per heavy atom. The summed E-state index contributed by atoms with van der Waals surface area (Å²) in [6, 6.07) is 7.47. The van der Waals surface area contributed by atoms with E-state index in [1.165, 1.54) is 0 Å². The van der Waals surface area contributed by atoms with E-state index in [1.807, 2.05) is 42.0 Å². The molecule has 0 spiro atoms. The number of benzene rings is 1. The van der Waals surface area contributed by atoms with Gasteiger partial charge >= 0.3 is 0 Å². The van der Waals surface area contributed by atoms with Gasteiger partial charge in [0, 0.05) is 37.1 Å². The minimum Gasteiger partial charge on any atom is -0.351 e. The third-order valence-electron chi connectivity index (χ3n) is 4.20. The summed E-state index contributed by atoms with van der Waals surface area (Å²) in [4.78, 5) is 28.0. The van der Waals surface area contributed by atoms with Gasteiger partial charge in [0.25, 0.3) is 0 Å². The van der Waals surface area contributed by atoms with Crippen molar-refractivity contribution >= 4 is 17.5 Å². The first kappa shape index (κ1) is 19.7. The largest absolute Gasteiger partial charge is 0.351 e. The molecule has 0 saturated heterocycles. The molecule has 1 heterocycles. The normalized spacial score (nSPS) is 12.0. The van der Waals surface area contributed by atoms with Crippen LogP contribution in [0.25, 0.3) is 0 Å². The predicted octanol–water partition coefficient (Wildman–Crippen LogP) is 3.01. The first-order chi connectivity index (χ1) is 12.5. The van der Waals surface area contributed by atoms with Crippen molar-refractivity contribution in [3.8, 4) is 0 Å². The van der Waals surface area contributed by atoms with Crippen molar-refractivity contribution in [1.29, 1.82) is 0 Å². The fourth-order valence-corrected chi connectivity index (χ4v) is 2.64. The molecule has 2 aromatic rings. The van der Waals surface area contributed by atoms with Crippen LogP contribution in [0.5, 0.6) is 0 Å². The highest BCUT2D eigenvalue weighted by molar-refractivity contribution is 5.90. The first-order valence-corrected chi connectivity index (χ1v) is 9.11. The van der Waals surface area contributed by atoms with Gasteiger partial charge in [-0.05, 0) is 30.0 Å². The summed E-state index contributed by atoms with van der Waals surface area (Å²) in [6.07, 6.45) is 7.04. The second-order valence-corrected chi connectivity index (χ2v) is 6.85. The quantitative estimate of drug-likeness (QED) is 0.725. The number of rotatable bonds is 9. The Labute approximate surface area is 155 Å². The van der Waals surface area contributed by atoms with Crippen molar-refractivity contribution in [2.45, 2.75) is 52.6 Å². The standard InChI is InChI=1S/C20H28N4O2/c1-4-5-19(25)22-17-8-6-16(7-9-17)12-20(26)23-18(15(2)3)13-24-11-10-21-14-24/h6-11,14-15,18H,4-5,12-13H2,1-3H3,(H,22,25)(H,23,26)/t18-/m0/s1. The Morgan fingerprint density at radius 1 is 1.15 bits per heavy atom.